The molecule has 1 aliphatic carbocycles. The molecule has 1 aromatic carbocycles. The summed E-state index contributed by atoms with van der Waals surface area (Å²) in [5.41, 5.74) is -0.0104. The monoisotopic (exact) mass is 234 g/mol. The van der Waals surface area contributed by atoms with Crippen molar-refractivity contribution in [1.29, 1.82) is 0 Å². The molecule has 0 saturated heterocycles. The molecule has 0 saturated carbocycles. The molecule has 0 fully saturated rings. The number of rotatable bonds is 3. The fourth-order valence-electron chi connectivity index (χ4n) is 2.20. The van der Waals surface area contributed by atoms with Gasteiger partial charge in [-0.25, -0.2) is 0 Å². The molecule has 0 aliphatic heterocycles. The second kappa shape index (κ2) is 4.80. The van der Waals surface area contributed by atoms with Crippen molar-refractivity contribution in [3.05, 3.63) is 35.9 Å². The van der Waals surface area contributed by atoms with E-state index in [1.54, 1.807) is 14.2 Å². The van der Waals surface area contributed by atoms with Crippen LogP contribution in [0.15, 0.2) is 30.4 Å². The Morgan fingerprint density at radius 1 is 1.18 bits per heavy atom. The number of allylic oxidation sites excluding steroid dienone is 1. The third kappa shape index (κ3) is 2.29. The maximum absolute atomic E-state index is 10.5. The van der Waals surface area contributed by atoms with E-state index >= 15 is 0 Å². The minimum atomic E-state index is -0.863. The molecule has 1 unspecified atom stereocenters. The van der Waals surface area contributed by atoms with Crippen LogP contribution >= 0.6 is 0 Å². The summed E-state index contributed by atoms with van der Waals surface area (Å²) in [6.45, 7) is 0. The van der Waals surface area contributed by atoms with Gasteiger partial charge in [0.1, 0.15) is 5.60 Å². The maximum atomic E-state index is 10.5. The van der Waals surface area contributed by atoms with E-state index in [1.807, 2.05) is 30.4 Å². The van der Waals surface area contributed by atoms with E-state index in [0.717, 1.165) is 24.8 Å². The SMILES string of the molecule is COc1ccc(C2(O)C=CCCC2)cc1OC. The van der Waals surface area contributed by atoms with Crippen LogP contribution in [0.4, 0.5) is 0 Å². The molecule has 0 radical (unpaired) electrons. The fourth-order valence-corrected chi connectivity index (χ4v) is 2.20. The molecule has 1 atom stereocenters. The molecule has 0 aromatic heterocycles. The van der Waals surface area contributed by atoms with E-state index in [1.165, 1.54) is 0 Å². The van der Waals surface area contributed by atoms with Crippen molar-refractivity contribution in [3.63, 3.8) is 0 Å². The van der Waals surface area contributed by atoms with Crippen molar-refractivity contribution in [3.8, 4) is 11.5 Å². The van der Waals surface area contributed by atoms with Gasteiger partial charge < -0.3 is 14.6 Å². The van der Waals surface area contributed by atoms with Gasteiger partial charge in [-0.05, 0) is 37.0 Å². The van der Waals surface area contributed by atoms with Gasteiger partial charge in [-0.15, -0.1) is 0 Å². The Morgan fingerprint density at radius 3 is 2.53 bits per heavy atom. The first-order chi connectivity index (χ1) is 8.19. The smallest absolute Gasteiger partial charge is 0.161 e. The highest BCUT2D eigenvalue weighted by molar-refractivity contribution is 5.45. The zero-order valence-electron chi connectivity index (χ0n) is 10.3. The van der Waals surface area contributed by atoms with Crippen molar-refractivity contribution in [2.45, 2.75) is 24.9 Å². The van der Waals surface area contributed by atoms with Gasteiger partial charge in [-0.3, -0.25) is 0 Å². The molecular weight excluding hydrogens is 216 g/mol. The molecule has 1 N–H and O–H groups in total. The van der Waals surface area contributed by atoms with Gasteiger partial charge in [-0.1, -0.05) is 18.2 Å². The van der Waals surface area contributed by atoms with Crippen LogP contribution < -0.4 is 9.47 Å². The molecule has 0 spiro atoms. The zero-order chi connectivity index (χ0) is 12.3. The molecule has 0 bridgehead atoms. The molecule has 3 nitrogen and oxygen atoms in total. The summed E-state index contributed by atoms with van der Waals surface area (Å²) in [7, 11) is 3.20. The van der Waals surface area contributed by atoms with E-state index in [0.29, 0.717) is 11.5 Å². The second-order valence-electron chi connectivity index (χ2n) is 4.29. The Morgan fingerprint density at radius 2 is 1.94 bits per heavy atom. The quantitative estimate of drug-likeness (QED) is 0.817. The highest BCUT2D eigenvalue weighted by Gasteiger charge is 2.28. The van der Waals surface area contributed by atoms with Crippen LogP contribution in [0.1, 0.15) is 24.8 Å². The van der Waals surface area contributed by atoms with Crippen molar-refractivity contribution in [2.75, 3.05) is 14.2 Å². The Kier molecular flexibility index (Phi) is 3.38. The van der Waals surface area contributed by atoms with Crippen LogP contribution in [0.5, 0.6) is 11.5 Å². The van der Waals surface area contributed by atoms with Gasteiger partial charge in [0.15, 0.2) is 11.5 Å². The summed E-state index contributed by atoms with van der Waals surface area (Å²) >= 11 is 0. The Bertz CT molecular complexity index is 425. The summed E-state index contributed by atoms with van der Waals surface area (Å²) in [5, 5.41) is 10.5. The van der Waals surface area contributed by atoms with E-state index in [-0.39, 0.29) is 0 Å². The van der Waals surface area contributed by atoms with E-state index < -0.39 is 5.60 Å². The number of hydrogen-bond acceptors (Lipinski definition) is 3. The Balaban J connectivity index is 2.39. The number of aliphatic hydroxyl groups is 1. The van der Waals surface area contributed by atoms with Gasteiger partial charge in [0.05, 0.1) is 14.2 Å². The lowest BCUT2D eigenvalue weighted by Gasteiger charge is -2.28. The largest absolute Gasteiger partial charge is 0.493 e. The fraction of sp³-hybridized carbons (Fsp3) is 0.429. The van der Waals surface area contributed by atoms with Crippen molar-refractivity contribution in [1.82, 2.24) is 0 Å². The first-order valence-electron chi connectivity index (χ1n) is 5.82. The minimum absolute atomic E-state index is 0.650. The summed E-state index contributed by atoms with van der Waals surface area (Å²) in [5.74, 6) is 1.33. The lowest BCUT2D eigenvalue weighted by molar-refractivity contribution is 0.0723. The Labute approximate surface area is 102 Å². The first-order valence-corrected chi connectivity index (χ1v) is 5.82. The molecule has 1 aliphatic rings. The predicted octanol–water partition coefficient (Wildman–Crippen LogP) is 2.63. The molecule has 3 heteroatoms. The molecule has 0 amide bonds. The summed E-state index contributed by atoms with van der Waals surface area (Å²) < 4.78 is 10.4. The summed E-state index contributed by atoms with van der Waals surface area (Å²) in [6, 6.07) is 5.56. The van der Waals surface area contributed by atoms with Crippen LogP contribution in [-0.2, 0) is 5.60 Å². The molecule has 1 aromatic rings. The highest BCUT2D eigenvalue weighted by atomic mass is 16.5. The van der Waals surface area contributed by atoms with Crippen LogP contribution in [0, 0.1) is 0 Å². The zero-order valence-corrected chi connectivity index (χ0v) is 10.3. The summed E-state index contributed by atoms with van der Waals surface area (Å²) in [6.07, 6.45) is 6.69. The highest BCUT2D eigenvalue weighted by Crippen LogP contribution is 2.37. The van der Waals surface area contributed by atoms with E-state index in [9.17, 15) is 5.11 Å². The average Bonchev–Trinajstić information content (AvgIpc) is 2.38. The minimum Gasteiger partial charge on any atom is -0.493 e. The molecule has 2 rings (SSSR count). The molecule has 92 valence electrons. The first kappa shape index (κ1) is 12.0. The molecule has 0 heterocycles. The van der Waals surface area contributed by atoms with Gasteiger partial charge >= 0.3 is 0 Å². The third-order valence-corrected chi connectivity index (χ3v) is 3.21. The van der Waals surface area contributed by atoms with Crippen molar-refractivity contribution in [2.24, 2.45) is 0 Å². The standard InChI is InChI=1S/C14H18O3/c1-16-12-7-6-11(10-13(12)17-2)14(15)8-4-3-5-9-14/h4,6-8,10,15H,3,5,9H2,1-2H3. The van der Waals surface area contributed by atoms with Crippen LogP contribution in [0.25, 0.3) is 0 Å². The number of hydrogen-bond donors (Lipinski definition) is 1. The number of benzene rings is 1. The van der Waals surface area contributed by atoms with E-state index in [2.05, 4.69) is 0 Å². The maximum Gasteiger partial charge on any atom is 0.161 e. The van der Waals surface area contributed by atoms with Gasteiger partial charge in [0, 0.05) is 0 Å². The summed E-state index contributed by atoms with van der Waals surface area (Å²) in [4.78, 5) is 0. The topological polar surface area (TPSA) is 38.7 Å². The molecule has 17 heavy (non-hydrogen) atoms. The van der Waals surface area contributed by atoms with Gasteiger partial charge in [0.2, 0.25) is 0 Å². The van der Waals surface area contributed by atoms with Crippen LogP contribution in [-0.4, -0.2) is 19.3 Å². The number of ether oxygens (including phenoxy) is 2. The average molecular weight is 234 g/mol. The van der Waals surface area contributed by atoms with Gasteiger partial charge in [0.25, 0.3) is 0 Å². The second-order valence-corrected chi connectivity index (χ2v) is 4.29. The Hall–Kier alpha value is -1.48. The molecular formula is C14H18O3. The van der Waals surface area contributed by atoms with E-state index in [4.69, 9.17) is 9.47 Å². The third-order valence-electron chi connectivity index (χ3n) is 3.21. The number of methoxy groups -OCH3 is 2. The van der Waals surface area contributed by atoms with Gasteiger partial charge in [-0.2, -0.15) is 0 Å². The van der Waals surface area contributed by atoms with Crippen LogP contribution in [0.3, 0.4) is 0 Å². The predicted molar refractivity (Wildman–Crippen MR) is 66.4 cm³/mol. The lowest BCUT2D eigenvalue weighted by atomic mass is 9.84. The van der Waals surface area contributed by atoms with Crippen molar-refractivity contribution >= 4 is 0 Å². The van der Waals surface area contributed by atoms with Crippen molar-refractivity contribution < 1.29 is 14.6 Å². The van der Waals surface area contributed by atoms with Crippen LogP contribution in [0.2, 0.25) is 0 Å². The normalized spacial score (nSPS) is 23.5. The lowest BCUT2D eigenvalue weighted by Crippen LogP contribution is -2.24.